The van der Waals surface area contributed by atoms with E-state index in [2.05, 4.69) is 5.32 Å². The van der Waals surface area contributed by atoms with E-state index in [-0.39, 0.29) is 29.6 Å². The summed E-state index contributed by atoms with van der Waals surface area (Å²) in [5, 5.41) is 2.83. The van der Waals surface area contributed by atoms with E-state index in [4.69, 9.17) is 8.83 Å². The Morgan fingerprint density at radius 2 is 1.89 bits per heavy atom. The third-order valence-corrected chi connectivity index (χ3v) is 4.66. The molecule has 1 atom stereocenters. The second kappa shape index (κ2) is 6.84. The van der Waals surface area contributed by atoms with Crippen LogP contribution in [-0.4, -0.2) is 22.6 Å². The highest BCUT2D eigenvalue weighted by Crippen LogP contribution is 2.26. The van der Waals surface area contributed by atoms with Crippen molar-refractivity contribution in [3.8, 4) is 0 Å². The Kier molecular flexibility index (Phi) is 4.35. The van der Waals surface area contributed by atoms with Crippen molar-refractivity contribution in [2.45, 2.75) is 26.4 Å². The molecule has 0 bridgehead atoms. The Hall–Kier alpha value is -3.61. The van der Waals surface area contributed by atoms with E-state index in [0.29, 0.717) is 17.1 Å². The van der Waals surface area contributed by atoms with Crippen LogP contribution < -0.4 is 5.32 Å². The summed E-state index contributed by atoms with van der Waals surface area (Å²) in [6.45, 7) is 3.69. The number of hydrogen-bond donors (Lipinski definition) is 1. The van der Waals surface area contributed by atoms with Crippen LogP contribution in [0.25, 0.3) is 0 Å². The molecule has 1 aliphatic heterocycles. The average Bonchev–Trinajstić information content (AvgIpc) is 3.40. The molecule has 0 fully saturated rings. The van der Waals surface area contributed by atoms with Crippen LogP contribution in [0.3, 0.4) is 0 Å². The Morgan fingerprint density at radius 3 is 2.57 bits per heavy atom. The maximum absolute atomic E-state index is 12.7. The predicted molar refractivity (Wildman–Crippen MR) is 98.7 cm³/mol. The molecule has 7 heteroatoms. The number of carbonyl (C=O) groups excluding carboxylic acids is 3. The Labute approximate surface area is 160 Å². The quantitative estimate of drug-likeness (QED) is 0.686. The molecule has 142 valence electrons. The fraction of sp³-hybridized carbons (Fsp3) is 0.190. The molecule has 1 N–H and O–H groups in total. The SMILES string of the molecule is Cc1ccc(C(C)NC(=O)c2ccc3c(c2)C(=O)N(Cc2ccco2)C3=O)o1. The molecule has 3 aromatic rings. The van der Waals surface area contributed by atoms with Gasteiger partial charge < -0.3 is 14.2 Å². The van der Waals surface area contributed by atoms with Gasteiger partial charge in [-0.1, -0.05) is 0 Å². The molecule has 3 heterocycles. The van der Waals surface area contributed by atoms with Gasteiger partial charge in [-0.15, -0.1) is 0 Å². The van der Waals surface area contributed by atoms with Crippen molar-refractivity contribution in [2.24, 2.45) is 0 Å². The van der Waals surface area contributed by atoms with Gasteiger partial charge in [0.1, 0.15) is 17.3 Å². The third-order valence-electron chi connectivity index (χ3n) is 4.66. The molecule has 0 aliphatic carbocycles. The maximum atomic E-state index is 12.7. The number of aryl methyl sites for hydroxylation is 1. The number of carbonyl (C=O) groups is 3. The zero-order valence-electron chi connectivity index (χ0n) is 15.4. The first-order valence-electron chi connectivity index (χ1n) is 8.84. The lowest BCUT2D eigenvalue weighted by atomic mass is 10.0. The van der Waals surface area contributed by atoms with Crippen LogP contribution in [0.2, 0.25) is 0 Å². The lowest BCUT2D eigenvalue weighted by molar-refractivity contribution is 0.0631. The number of rotatable bonds is 5. The van der Waals surface area contributed by atoms with Crippen LogP contribution in [0, 0.1) is 6.92 Å². The van der Waals surface area contributed by atoms with Gasteiger partial charge in [0.05, 0.1) is 30.0 Å². The molecule has 3 amide bonds. The van der Waals surface area contributed by atoms with Crippen molar-refractivity contribution in [1.82, 2.24) is 10.2 Å². The summed E-state index contributed by atoms with van der Waals surface area (Å²) in [5.74, 6) is 0.713. The first-order valence-corrected chi connectivity index (χ1v) is 8.84. The van der Waals surface area contributed by atoms with Crippen molar-refractivity contribution >= 4 is 17.7 Å². The minimum Gasteiger partial charge on any atom is -0.467 e. The smallest absolute Gasteiger partial charge is 0.261 e. The van der Waals surface area contributed by atoms with Gasteiger partial charge in [0, 0.05) is 5.56 Å². The molecule has 28 heavy (non-hydrogen) atoms. The molecule has 4 rings (SSSR count). The minimum absolute atomic E-state index is 0.0513. The number of fused-ring (bicyclic) bond motifs is 1. The number of amides is 3. The largest absolute Gasteiger partial charge is 0.467 e. The topological polar surface area (TPSA) is 92.8 Å². The van der Waals surface area contributed by atoms with Gasteiger partial charge in [-0.3, -0.25) is 19.3 Å². The van der Waals surface area contributed by atoms with Crippen LogP contribution in [0.15, 0.2) is 57.6 Å². The molecule has 0 saturated carbocycles. The van der Waals surface area contributed by atoms with E-state index in [1.54, 1.807) is 18.2 Å². The van der Waals surface area contributed by atoms with Crippen molar-refractivity contribution in [2.75, 3.05) is 0 Å². The number of hydrogen-bond acceptors (Lipinski definition) is 5. The normalized spacial score (nSPS) is 14.3. The van der Waals surface area contributed by atoms with Crippen LogP contribution in [0.1, 0.15) is 61.3 Å². The summed E-state index contributed by atoms with van der Waals surface area (Å²) in [6.07, 6.45) is 1.48. The molecule has 1 unspecified atom stereocenters. The first kappa shape index (κ1) is 17.8. The number of nitrogens with zero attached hydrogens (tertiary/aromatic N) is 1. The fourth-order valence-corrected chi connectivity index (χ4v) is 3.17. The van der Waals surface area contributed by atoms with Gasteiger partial charge in [0.2, 0.25) is 0 Å². The van der Waals surface area contributed by atoms with Crippen molar-refractivity contribution in [3.05, 3.63) is 82.7 Å². The van der Waals surface area contributed by atoms with Crippen LogP contribution >= 0.6 is 0 Å². The molecule has 1 aliphatic rings. The molecule has 7 nitrogen and oxygen atoms in total. The summed E-state index contributed by atoms with van der Waals surface area (Å²) in [7, 11) is 0. The van der Waals surface area contributed by atoms with E-state index < -0.39 is 11.8 Å². The Bertz CT molecular complexity index is 1060. The molecular formula is C21H18N2O5. The van der Waals surface area contributed by atoms with Crippen molar-refractivity contribution in [1.29, 1.82) is 0 Å². The van der Waals surface area contributed by atoms with Gasteiger partial charge in [-0.25, -0.2) is 0 Å². The monoisotopic (exact) mass is 378 g/mol. The zero-order chi connectivity index (χ0) is 19.8. The van der Waals surface area contributed by atoms with Gasteiger partial charge in [0.25, 0.3) is 17.7 Å². The molecule has 1 aromatic carbocycles. The highest BCUT2D eigenvalue weighted by atomic mass is 16.3. The number of imide groups is 1. The summed E-state index contributed by atoms with van der Waals surface area (Å²) >= 11 is 0. The van der Waals surface area contributed by atoms with Crippen molar-refractivity contribution in [3.63, 3.8) is 0 Å². The van der Waals surface area contributed by atoms with E-state index >= 15 is 0 Å². The van der Waals surface area contributed by atoms with E-state index in [0.717, 1.165) is 10.7 Å². The summed E-state index contributed by atoms with van der Waals surface area (Å²) in [6, 6.07) is 11.2. The molecule has 0 radical (unpaired) electrons. The number of nitrogens with one attached hydrogen (secondary N) is 1. The molecular weight excluding hydrogens is 360 g/mol. The van der Waals surface area contributed by atoms with Gasteiger partial charge in [-0.2, -0.15) is 0 Å². The second-order valence-corrected chi connectivity index (χ2v) is 6.68. The van der Waals surface area contributed by atoms with Gasteiger partial charge in [0.15, 0.2) is 0 Å². The van der Waals surface area contributed by atoms with E-state index in [1.807, 2.05) is 19.9 Å². The maximum Gasteiger partial charge on any atom is 0.261 e. The van der Waals surface area contributed by atoms with E-state index in [1.165, 1.54) is 24.5 Å². The van der Waals surface area contributed by atoms with Crippen LogP contribution in [0.5, 0.6) is 0 Å². The number of benzene rings is 1. The highest BCUT2D eigenvalue weighted by molar-refractivity contribution is 6.22. The fourth-order valence-electron chi connectivity index (χ4n) is 3.17. The van der Waals surface area contributed by atoms with Crippen LogP contribution in [0.4, 0.5) is 0 Å². The molecule has 2 aromatic heterocycles. The number of furan rings is 2. The summed E-state index contributed by atoms with van der Waals surface area (Å²) in [4.78, 5) is 38.9. The van der Waals surface area contributed by atoms with Crippen LogP contribution in [-0.2, 0) is 6.54 Å². The molecule has 0 saturated heterocycles. The average molecular weight is 378 g/mol. The zero-order valence-corrected chi connectivity index (χ0v) is 15.4. The lowest BCUT2D eigenvalue weighted by Gasteiger charge is -2.12. The third kappa shape index (κ3) is 3.11. The lowest BCUT2D eigenvalue weighted by Crippen LogP contribution is -2.29. The van der Waals surface area contributed by atoms with Gasteiger partial charge >= 0.3 is 0 Å². The standard InChI is InChI=1S/C21H18N2O5/c1-12-5-8-18(28-12)13(2)22-19(24)14-6-7-16-17(10-14)21(26)23(20(16)25)11-15-4-3-9-27-15/h3-10,13H,11H2,1-2H3,(H,22,24). The first-order chi connectivity index (χ1) is 13.4. The van der Waals surface area contributed by atoms with E-state index in [9.17, 15) is 14.4 Å². The Morgan fingerprint density at radius 1 is 1.11 bits per heavy atom. The molecule has 0 spiro atoms. The predicted octanol–water partition coefficient (Wildman–Crippen LogP) is 3.47. The minimum atomic E-state index is -0.444. The van der Waals surface area contributed by atoms with Crippen molar-refractivity contribution < 1.29 is 23.2 Å². The Balaban J connectivity index is 1.53. The van der Waals surface area contributed by atoms with Gasteiger partial charge in [-0.05, 0) is 56.3 Å². The second-order valence-electron chi connectivity index (χ2n) is 6.68. The summed E-state index contributed by atoms with van der Waals surface area (Å²) in [5.41, 5.74) is 0.795. The summed E-state index contributed by atoms with van der Waals surface area (Å²) < 4.78 is 10.7. The highest BCUT2D eigenvalue weighted by Gasteiger charge is 2.36.